The highest BCUT2D eigenvalue weighted by Crippen LogP contribution is 2.31. The Bertz CT molecular complexity index is 344. The third-order valence-electron chi connectivity index (χ3n) is 3.60. The van der Waals surface area contributed by atoms with Crippen molar-refractivity contribution in [1.29, 1.82) is 0 Å². The van der Waals surface area contributed by atoms with E-state index in [9.17, 15) is 4.39 Å². The maximum atomic E-state index is 12.8. The maximum absolute atomic E-state index is 12.8. The second kappa shape index (κ2) is 5.61. The van der Waals surface area contributed by atoms with Crippen LogP contribution in [-0.4, -0.2) is 12.1 Å². The largest absolute Gasteiger partial charge is 0.369 e. The van der Waals surface area contributed by atoms with E-state index in [-0.39, 0.29) is 11.4 Å². The van der Waals surface area contributed by atoms with Crippen molar-refractivity contribution in [3.05, 3.63) is 35.6 Å². The van der Waals surface area contributed by atoms with E-state index in [2.05, 4.69) is 0 Å². The Morgan fingerprint density at radius 2 is 1.76 bits per heavy atom. The van der Waals surface area contributed by atoms with E-state index in [0.717, 1.165) is 18.4 Å². The van der Waals surface area contributed by atoms with Gasteiger partial charge in [-0.15, -0.1) is 0 Å². The van der Waals surface area contributed by atoms with Gasteiger partial charge in [-0.2, -0.15) is 0 Å². The molecular formula is C14H20FNO. The van der Waals surface area contributed by atoms with Crippen LogP contribution in [0.15, 0.2) is 24.3 Å². The molecule has 0 spiro atoms. The zero-order chi connectivity index (χ0) is 12.1. The van der Waals surface area contributed by atoms with Gasteiger partial charge in [0.1, 0.15) is 5.82 Å². The first kappa shape index (κ1) is 12.5. The van der Waals surface area contributed by atoms with Crippen LogP contribution in [0.2, 0.25) is 0 Å². The summed E-state index contributed by atoms with van der Waals surface area (Å²) >= 11 is 0. The highest BCUT2D eigenvalue weighted by molar-refractivity contribution is 5.15. The number of halogens is 1. The number of rotatable bonds is 4. The lowest BCUT2D eigenvalue weighted by Gasteiger charge is -2.36. The quantitative estimate of drug-likeness (QED) is 0.873. The van der Waals surface area contributed by atoms with Gasteiger partial charge < -0.3 is 10.5 Å². The smallest absolute Gasteiger partial charge is 0.123 e. The highest BCUT2D eigenvalue weighted by Gasteiger charge is 2.31. The second-order valence-corrected chi connectivity index (χ2v) is 4.86. The molecule has 0 radical (unpaired) electrons. The number of nitrogens with two attached hydrogens (primary N) is 1. The van der Waals surface area contributed by atoms with Gasteiger partial charge in [-0.1, -0.05) is 31.4 Å². The van der Waals surface area contributed by atoms with Gasteiger partial charge >= 0.3 is 0 Å². The van der Waals surface area contributed by atoms with Gasteiger partial charge in [-0.05, 0) is 30.5 Å². The molecule has 0 bridgehead atoms. The van der Waals surface area contributed by atoms with Crippen LogP contribution in [0.5, 0.6) is 0 Å². The van der Waals surface area contributed by atoms with Crippen molar-refractivity contribution in [3.63, 3.8) is 0 Å². The highest BCUT2D eigenvalue weighted by atomic mass is 19.1. The summed E-state index contributed by atoms with van der Waals surface area (Å²) in [6.07, 6.45) is 5.76. The summed E-state index contributed by atoms with van der Waals surface area (Å²) in [5.41, 5.74) is 6.70. The van der Waals surface area contributed by atoms with E-state index in [1.165, 1.54) is 31.4 Å². The topological polar surface area (TPSA) is 35.2 Å². The van der Waals surface area contributed by atoms with Crippen LogP contribution in [0.1, 0.15) is 37.7 Å². The minimum Gasteiger partial charge on any atom is -0.369 e. The van der Waals surface area contributed by atoms with Crippen LogP contribution in [0.25, 0.3) is 0 Å². The number of hydrogen-bond donors (Lipinski definition) is 1. The summed E-state index contributed by atoms with van der Waals surface area (Å²) in [7, 11) is 0. The number of hydrogen-bond acceptors (Lipinski definition) is 2. The summed E-state index contributed by atoms with van der Waals surface area (Å²) in [6, 6.07) is 6.47. The van der Waals surface area contributed by atoms with Crippen LogP contribution in [-0.2, 0) is 11.3 Å². The lowest BCUT2D eigenvalue weighted by Crippen LogP contribution is -2.42. The molecule has 3 heteroatoms. The Morgan fingerprint density at radius 3 is 2.35 bits per heavy atom. The van der Waals surface area contributed by atoms with Crippen molar-refractivity contribution in [3.8, 4) is 0 Å². The molecule has 0 unspecified atom stereocenters. The maximum Gasteiger partial charge on any atom is 0.123 e. The third kappa shape index (κ3) is 3.27. The molecule has 1 aliphatic carbocycles. The molecule has 0 aliphatic heterocycles. The predicted octanol–water partition coefficient (Wildman–Crippen LogP) is 3.00. The van der Waals surface area contributed by atoms with Crippen molar-refractivity contribution >= 4 is 0 Å². The molecule has 1 saturated carbocycles. The second-order valence-electron chi connectivity index (χ2n) is 4.86. The summed E-state index contributed by atoms with van der Waals surface area (Å²) < 4.78 is 18.8. The van der Waals surface area contributed by atoms with E-state index in [1.807, 2.05) is 0 Å². The van der Waals surface area contributed by atoms with Crippen LogP contribution < -0.4 is 5.73 Å². The van der Waals surface area contributed by atoms with E-state index >= 15 is 0 Å². The summed E-state index contributed by atoms with van der Waals surface area (Å²) in [4.78, 5) is 0. The van der Waals surface area contributed by atoms with Gasteiger partial charge in [-0.25, -0.2) is 4.39 Å². The van der Waals surface area contributed by atoms with Crippen molar-refractivity contribution < 1.29 is 9.13 Å². The van der Waals surface area contributed by atoms with Crippen molar-refractivity contribution in [2.24, 2.45) is 5.73 Å². The Kier molecular flexibility index (Phi) is 4.13. The number of benzene rings is 1. The van der Waals surface area contributed by atoms with Gasteiger partial charge in [0.05, 0.1) is 12.2 Å². The van der Waals surface area contributed by atoms with Crippen molar-refractivity contribution in [2.45, 2.75) is 44.3 Å². The van der Waals surface area contributed by atoms with Crippen LogP contribution in [0.3, 0.4) is 0 Å². The molecule has 17 heavy (non-hydrogen) atoms. The molecule has 2 rings (SSSR count). The van der Waals surface area contributed by atoms with Gasteiger partial charge in [0, 0.05) is 6.54 Å². The normalized spacial score (nSPS) is 19.2. The van der Waals surface area contributed by atoms with E-state index in [1.54, 1.807) is 12.1 Å². The first-order valence-corrected chi connectivity index (χ1v) is 6.33. The van der Waals surface area contributed by atoms with Crippen LogP contribution in [0, 0.1) is 5.82 Å². The molecule has 0 aromatic heterocycles. The SMILES string of the molecule is NCC1(OCc2ccc(F)cc2)CCCCC1. The lowest BCUT2D eigenvalue weighted by atomic mass is 9.84. The molecule has 1 fully saturated rings. The predicted molar refractivity (Wildman–Crippen MR) is 66.1 cm³/mol. The standard InChI is InChI=1S/C14H20FNO/c15-13-6-4-12(5-7-13)10-17-14(11-16)8-2-1-3-9-14/h4-7H,1-3,8-11,16H2. The Labute approximate surface area is 102 Å². The minimum atomic E-state index is -0.208. The molecule has 0 heterocycles. The lowest BCUT2D eigenvalue weighted by molar-refractivity contribution is -0.0733. The van der Waals surface area contributed by atoms with E-state index < -0.39 is 0 Å². The Morgan fingerprint density at radius 1 is 1.12 bits per heavy atom. The fourth-order valence-electron chi connectivity index (χ4n) is 2.42. The molecule has 94 valence electrons. The van der Waals surface area contributed by atoms with Crippen molar-refractivity contribution in [1.82, 2.24) is 0 Å². The Hall–Kier alpha value is -0.930. The van der Waals surface area contributed by atoms with E-state index in [4.69, 9.17) is 10.5 Å². The van der Waals surface area contributed by atoms with Crippen LogP contribution in [0.4, 0.5) is 4.39 Å². The summed E-state index contributed by atoms with van der Waals surface area (Å²) in [6.45, 7) is 1.10. The molecule has 1 aromatic rings. The molecule has 0 saturated heterocycles. The summed E-state index contributed by atoms with van der Waals surface area (Å²) in [5.74, 6) is -0.208. The van der Waals surface area contributed by atoms with Crippen molar-refractivity contribution in [2.75, 3.05) is 6.54 Å². The first-order valence-electron chi connectivity index (χ1n) is 6.33. The van der Waals surface area contributed by atoms with Gasteiger partial charge in [0.2, 0.25) is 0 Å². The van der Waals surface area contributed by atoms with Crippen LogP contribution >= 0.6 is 0 Å². The monoisotopic (exact) mass is 237 g/mol. The molecule has 1 aromatic carbocycles. The van der Waals surface area contributed by atoms with Gasteiger partial charge in [0.25, 0.3) is 0 Å². The summed E-state index contributed by atoms with van der Waals surface area (Å²) in [5, 5.41) is 0. The number of ether oxygens (including phenoxy) is 1. The zero-order valence-corrected chi connectivity index (χ0v) is 10.1. The zero-order valence-electron chi connectivity index (χ0n) is 10.1. The minimum absolute atomic E-state index is 0.146. The molecule has 2 N–H and O–H groups in total. The third-order valence-corrected chi connectivity index (χ3v) is 3.60. The fraction of sp³-hybridized carbons (Fsp3) is 0.571. The Balaban J connectivity index is 1.93. The molecule has 0 amide bonds. The van der Waals surface area contributed by atoms with E-state index in [0.29, 0.717) is 13.2 Å². The van der Waals surface area contributed by atoms with Gasteiger partial charge in [0.15, 0.2) is 0 Å². The molecule has 0 atom stereocenters. The molecule has 2 nitrogen and oxygen atoms in total. The first-order chi connectivity index (χ1) is 8.24. The average Bonchev–Trinajstić information content (AvgIpc) is 2.39. The fourth-order valence-corrected chi connectivity index (χ4v) is 2.42. The molecular weight excluding hydrogens is 217 g/mol. The van der Waals surface area contributed by atoms with Gasteiger partial charge in [-0.3, -0.25) is 0 Å². The molecule has 1 aliphatic rings. The average molecular weight is 237 g/mol.